The molecule has 50 valence electrons. The Balaban J connectivity index is -0.0000000267. The Labute approximate surface area is 81.2 Å². The zero-order chi connectivity index (χ0) is 4.50. The van der Waals surface area contributed by atoms with Gasteiger partial charge in [0.1, 0.15) is 0 Å². The normalized spacial score (nSPS) is 7.25. The summed E-state index contributed by atoms with van der Waals surface area (Å²) < 4.78 is 27.2. The molecule has 0 unspecified atom stereocenters. The second kappa shape index (κ2) is 8.21. The molecule has 0 fully saturated rings. The molecule has 0 aliphatic heterocycles. The van der Waals surface area contributed by atoms with Crippen molar-refractivity contribution in [3.05, 3.63) is 0 Å². The summed E-state index contributed by atoms with van der Waals surface area (Å²) in [6.45, 7) is 0. The maximum Gasteiger partial charge on any atom is 2.00 e. The maximum atomic E-state index is 9.08. The van der Waals surface area contributed by atoms with Gasteiger partial charge in [0.2, 0.25) is 0 Å². The second-order valence-electron chi connectivity index (χ2n) is 0.704. The SMILES string of the molecule is CS(=O)(=O)[O-].O.[Ce+2].[OH-]. The van der Waals surface area contributed by atoms with Gasteiger partial charge in [-0.2, -0.15) is 0 Å². The van der Waals surface area contributed by atoms with Crippen LogP contribution in [-0.4, -0.2) is 30.2 Å². The molecule has 0 bridgehead atoms. The molecule has 0 aliphatic carbocycles. The zero-order valence-electron chi connectivity index (χ0n) is 4.08. The molecule has 0 aromatic carbocycles. The van der Waals surface area contributed by atoms with E-state index in [4.69, 9.17) is 13.0 Å². The monoisotopic (exact) mass is 270 g/mol. The van der Waals surface area contributed by atoms with Crippen LogP contribution in [0.5, 0.6) is 0 Å². The van der Waals surface area contributed by atoms with E-state index in [9.17, 15) is 0 Å². The Hall–Kier alpha value is 1.21. The molecule has 7 heteroatoms. The van der Waals surface area contributed by atoms with Gasteiger partial charge in [-0.05, 0) is 0 Å². The third-order valence-corrected chi connectivity index (χ3v) is 0. The molecule has 0 saturated heterocycles. The molecule has 0 aliphatic rings. The second-order valence-corrected chi connectivity index (χ2v) is 2.11. The minimum atomic E-state index is -3.92. The van der Waals surface area contributed by atoms with Crippen LogP contribution in [0.3, 0.4) is 0 Å². The maximum absolute atomic E-state index is 9.08. The summed E-state index contributed by atoms with van der Waals surface area (Å²) >= 11 is 0. The molecule has 0 heterocycles. The molecule has 0 spiro atoms. The Kier molecular flexibility index (Phi) is 23.5. The molecule has 0 radical (unpaired) electrons. The summed E-state index contributed by atoms with van der Waals surface area (Å²) in [5, 5.41) is 0. The van der Waals surface area contributed by atoms with Gasteiger partial charge in [0.15, 0.2) is 0 Å². The summed E-state index contributed by atoms with van der Waals surface area (Å²) in [6.07, 6.45) is 0.604. The minimum absolute atomic E-state index is 0. The van der Waals surface area contributed by atoms with Crippen LogP contribution in [0.1, 0.15) is 0 Å². The summed E-state index contributed by atoms with van der Waals surface area (Å²) in [5.41, 5.74) is 0. The smallest absolute Gasteiger partial charge is 0.870 e. The van der Waals surface area contributed by atoms with Crippen LogP contribution in [0, 0.1) is 41.7 Å². The van der Waals surface area contributed by atoms with Gasteiger partial charge in [0.25, 0.3) is 0 Å². The summed E-state index contributed by atoms with van der Waals surface area (Å²) in [6, 6.07) is 0. The van der Waals surface area contributed by atoms with E-state index in [1.165, 1.54) is 0 Å². The zero-order valence-corrected chi connectivity index (χ0v) is 8.04. The Morgan fingerprint density at radius 2 is 1.38 bits per heavy atom. The van der Waals surface area contributed by atoms with Crippen molar-refractivity contribution in [2.24, 2.45) is 0 Å². The van der Waals surface area contributed by atoms with E-state index >= 15 is 0 Å². The molecule has 0 atom stereocenters. The van der Waals surface area contributed by atoms with Crippen molar-refractivity contribution in [3.8, 4) is 0 Å². The van der Waals surface area contributed by atoms with Crippen molar-refractivity contribution in [3.63, 3.8) is 0 Å². The molecule has 0 aromatic heterocycles. The molecular weight excluding hydrogens is 264 g/mol. The van der Waals surface area contributed by atoms with Gasteiger partial charge in [-0.15, -0.1) is 0 Å². The van der Waals surface area contributed by atoms with E-state index in [2.05, 4.69) is 0 Å². The third-order valence-electron chi connectivity index (χ3n) is 0. The third kappa shape index (κ3) is 191. The first-order chi connectivity index (χ1) is 2.00. The number of rotatable bonds is 0. The van der Waals surface area contributed by atoms with Crippen LogP contribution < -0.4 is 0 Å². The summed E-state index contributed by atoms with van der Waals surface area (Å²) in [5.74, 6) is 0. The van der Waals surface area contributed by atoms with Gasteiger partial charge in [-0.25, -0.2) is 8.42 Å². The first-order valence-electron chi connectivity index (χ1n) is 0.908. The molecule has 0 rings (SSSR count). The predicted molar refractivity (Wildman–Crippen MR) is 21.2 cm³/mol. The fourth-order valence-corrected chi connectivity index (χ4v) is 0. The Bertz CT molecular complexity index is 95.6. The predicted octanol–water partition coefficient (Wildman–Crippen LogP) is -1.84. The fourth-order valence-electron chi connectivity index (χ4n) is 0. The van der Waals surface area contributed by atoms with Crippen LogP contribution in [0.4, 0.5) is 0 Å². The largest absolute Gasteiger partial charge is 2.00 e. The molecule has 0 aromatic rings. The molecule has 5 nitrogen and oxygen atoms in total. The topological polar surface area (TPSA) is 119 Å². The first kappa shape index (κ1) is 22.9. The van der Waals surface area contributed by atoms with Crippen LogP contribution in [0.15, 0.2) is 0 Å². The quantitative estimate of drug-likeness (QED) is 0.480. The van der Waals surface area contributed by atoms with Crippen LogP contribution >= 0.6 is 0 Å². The van der Waals surface area contributed by atoms with E-state index in [-0.39, 0.29) is 52.7 Å². The van der Waals surface area contributed by atoms with Crippen molar-refractivity contribution in [1.82, 2.24) is 0 Å². The standard InChI is InChI=1S/CH4O3S.Ce.2H2O/c1-5(2,3)4;;;/h1H3,(H,2,3,4);;2*1H2/q;+2;;/p-2. The minimum Gasteiger partial charge on any atom is -0.870 e. The van der Waals surface area contributed by atoms with Crippen molar-refractivity contribution < 1.29 is 65.7 Å². The van der Waals surface area contributed by atoms with Gasteiger partial charge in [-0.3, -0.25) is 0 Å². The van der Waals surface area contributed by atoms with Crippen LogP contribution in [0.2, 0.25) is 0 Å². The van der Waals surface area contributed by atoms with E-state index in [0.717, 1.165) is 0 Å². The fraction of sp³-hybridized carbons (Fsp3) is 1.00. The molecule has 8 heavy (non-hydrogen) atoms. The van der Waals surface area contributed by atoms with Crippen molar-refractivity contribution in [1.29, 1.82) is 0 Å². The summed E-state index contributed by atoms with van der Waals surface area (Å²) in [7, 11) is -3.92. The van der Waals surface area contributed by atoms with Crippen molar-refractivity contribution >= 4 is 10.1 Å². The van der Waals surface area contributed by atoms with Crippen LogP contribution in [-0.2, 0) is 10.1 Å². The molecule has 0 saturated carbocycles. The Morgan fingerprint density at radius 1 is 1.38 bits per heavy atom. The van der Waals surface area contributed by atoms with Gasteiger partial charge >= 0.3 is 41.7 Å². The molecule has 0 amide bonds. The van der Waals surface area contributed by atoms with Gasteiger partial charge in [0.05, 0.1) is 10.1 Å². The Morgan fingerprint density at radius 3 is 1.38 bits per heavy atom. The summed E-state index contributed by atoms with van der Waals surface area (Å²) in [4.78, 5) is 0. The van der Waals surface area contributed by atoms with Crippen molar-refractivity contribution in [2.45, 2.75) is 0 Å². The van der Waals surface area contributed by atoms with E-state index in [1.54, 1.807) is 0 Å². The van der Waals surface area contributed by atoms with E-state index in [1.807, 2.05) is 0 Å². The average Bonchev–Trinajstić information content (AvgIpc) is 0.722. The molecular formula is CH6CeO5S. The average molecular weight is 270 g/mol. The van der Waals surface area contributed by atoms with Crippen LogP contribution in [0.25, 0.3) is 0 Å². The van der Waals surface area contributed by atoms with Gasteiger partial charge < -0.3 is 15.5 Å². The number of hydrogen-bond acceptors (Lipinski definition) is 4. The van der Waals surface area contributed by atoms with Gasteiger partial charge in [0, 0.05) is 6.26 Å². The van der Waals surface area contributed by atoms with E-state index in [0.29, 0.717) is 6.26 Å². The van der Waals surface area contributed by atoms with Gasteiger partial charge in [-0.1, -0.05) is 0 Å². The van der Waals surface area contributed by atoms with E-state index < -0.39 is 10.1 Å². The number of hydrogen-bond donors (Lipinski definition) is 0. The van der Waals surface area contributed by atoms with Crippen molar-refractivity contribution in [2.75, 3.05) is 6.26 Å². The molecule has 3 N–H and O–H groups in total. The first-order valence-corrected chi connectivity index (χ1v) is 2.72.